The fourth-order valence-corrected chi connectivity index (χ4v) is 9.45. The van der Waals surface area contributed by atoms with E-state index >= 15 is 0 Å². The van der Waals surface area contributed by atoms with E-state index < -0.39 is 0 Å². The maximum atomic E-state index is 6.03. The number of fused-ring (bicyclic) bond motifs is 9. The Morgan fingerprint density at radius 2 is 0.667 bits per heavy atom. The van der Waals surface area contributed by atoms with Gasteiger partial charge < -0.3 is 13.4 Å². The molecule has 8 aromatic carbocycles. The minimum atomic E-state index is 0.662. The Bertz CT molecular complexity index is 3930. The van der Waals surface area contributed by atoms with E-state index in [1.807, 2.05) is 18.2 Å². The van der Waals surface area contributed by atoms with Crippen LogP contribution in [0.2, 0.25) is 0 Å². The van der Waals surface area contributed by atoms with Crippen LogP contribution in [0.5, 0.6) is 0 Å². The van der Waals surface area contributed by atoms with E-state index in [1.54, 1.807) is 12.4 Å². The van der Waals surface area contributed by atoms with Crippen molar-refractivity contribution in [2.24, 2.45) is 0 Å². The van der Waals surface area contributed by atoms with Gasteiger partial charge in [-0.3, -0.25) is 0 Å². The first-order valence-corrected chi connectivity index (χ1v) is 21.2. The first-order chi connectivity index (χ1) is 31.2. The van der Waals surface area contributed by atoms with Crippen LogP contribution in [-0.4, -0.2) is 14.5 Å². The summed E-state index contributed by atoms with van der Waals surface area (Å²) >= 11 is 0. The fraction of sp³-hybridized carbons (Fsp3) is 0. The van der Waals surface area contributed by atoms with E-state index in [9.17, 15) is 0 Å². The van der Waals surface area contributed by atoms with Crippen molar-refractivity contribution >= 4 is 65.9 Å². The van der Waals surface area contributed by atoms with Gasteiger partial charge in [0, 0.05) is 50.4 Å². The smallest absolute Gasteiger partial charge is 0.227 e. The number of rotatable bonds is 6. The van der Waals surface area contributed by atoms with Crippen LogP contribution >= 0.6 is 0 Å². The molecule has 0 aliphatic rings. The molecule has 0 atom stereocenters. The SMILES string of the molecule is c1ccc(-n2c3ccc(-c4cccc(-c5cccc(-c6ccc7oc8ncccc8c7c6)c5)c4)cc3c3cc(-c4cccc(-c5ccc6oc7ncccc7c6c5)c4)ccc32)cc1. The van der Waals surface area contributed by atoms with E-state index in [0.29, 0.717) is 11.4 Å². The lowest BCUT2D eigenvalue weighted by Gasteiger charge is -2.10. The lowest BCUT2D eigenvalue weighted by Crippen LogP contribution is -1.93. The van der Waals surface area contributed by atoms with E-state index in [-0.39, 0.29) is 0 Å². The monoisotopic (exact) mass is 805 g/mol. The molecule has 0 aliphatic heterocycles. The maximum Gasteiger partial charge on any atom is 0.227 e. The highest BCUT2D eigenvalue weighted by atomic mass is 16.3. The van der Waals surface area contributed by atoms with Crippen molar-refractivity contribution < 1.29 is 8.83 Å². The first-order valence-electron chi connectivity index (χ1n) is 21.2. The molecule has 0 amide bonds. The minimum Gasteiger partial charge on any atom is -0.438 e. The number of pyridine rings is 2. The Morgan fingerprint density at radius 3 is 1.10 bits per heavy atom. The lowest BCUT2D eigenvalue weighted by atomic mass is 9.95. The Hall–Kier alpha value is -8.54. The second kappa shape index (κ2) is 14.0. The molecule has 0 spiro atoms. The highest BCUT2D eigenvalue weighted by Crippen LogP contribution is 2.40. The summed E-state index contributed by atoms with van der Waals surface area (Å²) in [4.78, 5) is 8.86. The summed E-state index contributed by atoms with van der Waals surface area (Å²) < 4.78 is 14.4. The van der Waals surface area contributed by atoms with Crippen LogP contribution in [0.3, 0.4) is 0 Å². The molecule has 0 unspecified atom stereocenters. The molecule has 63 heavy (non-hydrogen) atoms. The Morgan fingerprint density at radius 1 is 0.286 bits per heavy atom. The van der Waals surface area contributed by atoms with Crippen molar-refractivity contribution in [3.8, 4) is 61.3 Å². The largest absolute Gasteiger partial charge is 0.438 e. The summed E-state index contributed by atoms with van der Waals surface area (Å²) in [5.74, 6) is 0. The van der Waals surface area contributed by atoms with Gasteiger partial charge in [-0.1, -0.05) is 97.1 Å². The van der Waals surface area contributed by atoms with Crippen molar-refractivity contribution in [1.82, 2.24) is 14.5 Å². The number of hydrogen-bond donors (Lipinski definition) is 0. The van der Waals surface area contributed by atoms with Gasteiger partial charge in [-0.25, -0.2) is 9.97 Å². The summed E-state index contributed by atoms with van der Waals surface area (Å²) in [7, 11) is 0. The molecule has 5 aromatic heterocycles. The van der Waals surface area contributed by atoms with E-state index in [1.165, 1.54) is 44.1 Å². The lowest BCUT2D eigenvalue weighted by molar-refractivity contribution is 0.653. The Labute approximate surface area is 361 Å². The zero-order chi connectivity index (χ0) is 41.4. The number of aromatic nitrogens is 3. The maximum absolute atomic E-state index is 6.03. The second-order valence-corrected chi connectivity index (χ2v) is 16.2. The predicted octanol–water partition coefficient (Wildman–Crippen LogP) is 15.7. The number of benzene rings is 8. The molecule has 294 valence electrons. The molecule has 0 aliphatic carbocycles. The summed E-state index contributed by atoms with van der Waals surface area (Å²) in [5, 5.41) is 6.61. The molecule has 0 radical (unpaired) electrons. The third-order valence-electron chi connectivity index (χ3n) is 12.5. The molecule has 0 saturated carbocycles. The van der Waals surface area contributed by atoms with Crippen molar-refractivity contribution in [1.29, 1.82) is 0 Å². The number of furan rings is 2. The number of nitrogens with zero attached hydrogens (tertiary/aromatic N) is 3. The molecule has 0 fully saturated rings. The van der Waals surface area contributed by atoms with Gasteiger partial charge in [-0.2, -0.15) is 0 Å². The first kappa shape index (κ1) is 35.2. The van der Waals surface area contributed by atoms with Crippen molar-refractivity contribution in [2.45, 2.75) is 0 Å². The van der Waals surface area contributed by atoms with Gasteiger partial charge in [0.15, 0.2) is 0 Å². The predicted molar refractivity (Wildman–Crippen MR) is 258 cm³/mol. The normalized spacial score (nSPS) is 11.8. The molecule has 13 aromatic rings. The third kappa shape index (κ3) is 5.86. The van der Waals surface area contributed by atoms with Gasteiger partial charge in [0.1, 0.15) is 11.2 Å². The Balaban J connectivity index is 0.896. The van der Waals surface area contributed by atoms with Crippen LogP contribution in [0.25, 0.3) is 127 Å². The van der Waals surface area contributed by atoms with Crippen LogP contribution in [0, 0.1) is 0 Å². The van der Waals surface area contributed by atoms with Crippen LogP contribution in [-0.2, 0) is 0 Å². The van der Waals surface area contributed by atoms with Gasteiger partial charge in [0.2, 0.25) is 11.4 Å². The zero-order valence-electron chi connectivity index (χ0n) is 33.9. The number of hydrogen-bond acceptors (Lipinski definition) is 4. The van der Waals surface area contributed by atoms with Crippen LogP contribution in [0.15, 0.2) is 221 Å². The van der Waals surface area contributed by atoms with Gasteiger partial charge >= 0.3 is 0 Å². The molecule has 5 nitrogen and oxygen atoms in total. The zero-order valence-corrected chi connectivity index (χ0v) is 33.9. The molecular weight excluding hydrogens is 771 g/mol. The van der Waals surface area contributed by atoms with Crippen molar-refractivity contribution in [2.75, 3.05) is 0 Å². The van der Waals surface area contributed by atoms with Crippen LogP contribution < -0.4 is 0 Å². The van der Waals surface area contributed by atoms with E-state index in [2.05, 4.69) is 197 Å². The van der Waals surface area contributed by atoms with Gasteiger partial charge in [0.05, 0.1) is 11.0 Å². The summed E-state index contributed by atoms with van der Waals surface area (Å²) in [5.41, 5.74) is 18.1. The second-order valence-electron chi connectivity index (χ2n) is 16.2. The van der Waals surface area contributed by atoms with Gasteiger partial charge in [0.25, 0.3) is 0 Å². The fourth-order valence-electron chi connectivity index (χ4n) is 9.45. The van der Waals surface area contributed by atoms with E-state index in [0.717, 1.165) is 71.8 Å². The summed E-state index contributed by atoms with van der Waals surface area (Å²) in [6.45, 7) is 0. The molecular formula is C58H35N3O2. The topological polar surface area (TPSA) is 57.0 Å². The third-order valence-corrected chi connectivity index (χ3v) is 12.5. The van der Waals surface area contributed by atoms with Crippen molar-refractivity contribution in [3.05, 3.63) is 213 Å². The molecule has 0 N–H and O–H groups in total. The number of para-hydroxylation sites is 1. The quantitative estimate of drug-likeness (QED) is 0.168. The average molecular weight is 806 g/mol. The van der Waals surface area contributed by atoms with Gasteiger partial charge in [-0.05, 0) is 159 Å². The van der Waals surface area contributed by atoms with Crippen LogP contribution in [0.4, 0.5) is 0 Å². The van der Waals surface area contributed by atoms with E-state index in [4.69, 9.17) is 8.83 Å². The van der Waals surface area contributed by atoms with Gasteiger partial charge in [-0.15, -0.1) is 0 Å². The van der Waals surface area contributed by atoms with Crippen molar-refractivity contribution in [3.63, 3.8) is 0 Å². The Kier molecular flexibility index (Phi) is 7.84. The molecule has 0 saturated heterocycles. The molecule has 0 bridgehead atoms. The molecule has 5 heteroatoms. The highest BCUT2D eigenvalue weighted by Gasteiger charge is 2.17. The molecule has 5 heterocycles. The standard InChI is InChI=1S/C58H35N3O2/c1-2-15-46(16-3-1)61-53-23-19-42(38-11-4-9-36(29-38)37-10-5-13-40(30-37)44-21-25-55-51(34-44)47-17-7-27-59-57(47)62-55)32-49(53)50-33-43(20-24-54(50)61)39-12-6-14-41(31-39)45-22-26-56-52(35-45)48-18-8-28-60-58(48)63-56/h1-35H. The molecule has 13 rings (SSSR count). The highest BCUT2D eigenvalue weighted by molar-refractivity contribution is 6.12. The van der Waals surface area contributed by atoms with Crippen LogP contribution in [0.1, 0.15) is 0 Å². The average Bonchev–Trinajstić information content (AvgIpc) is 4.03. The minimum absolute atomic E-state index is 0.662. The summed E-state index contributed by atoms with van der Waals surface area (Å²) in [6.07, 6.45) is 3.54. The summed E-state index contributed by atoms with van der Waals surface area (Å²) in [6, 6.07) is 71.8.